The molecule has 0 saturated carbocycles. The third-order valence-electron chi connectivity index (χ3n) is 3.42. The first kappa shape index (κ1) is 19.4. The highest BCUT2D eigenvalue weighted by Crippen LogP contribution is 2.22. The van der Waals surface area contributed by atoms with Crippen LogP contribution >= 0.6 is 22.9 Å². The summed E-state index contributed by atoms with van der Waals surface area (Å²) < 4.78 is 33.0. The number of nitrogens with one attached hydrogen (secondary N) is 2. The maximum atomic E-state index is 12.4. The number of rotatable bonds is 7. The number of hydrogen-bond acceptors (Lipinski definition) is 5. The van der Waals surface area contributed by atoms with E-state index in [1.54, 1.807) is 42.5 Å². The fraction of sp³-hybridized carbons (Fsp3) is 0.0556. The van der Waals surface area contributed by atoms with Crippen molar-refractivity contribution in [3.8, 4) is 0 Å². The van der Waals surface area contributed by atoms with Crippen LogP contribution in [0.5, 0.6) is 0 Å². The van der Waals surface area contributed by atoms with Gasteiger partial charge in [0.2, 0.25) is 15.9 Å². The van der Waals surface area contributed by atoms with E-state index in [9.17, 15) is 13.2 Å². The first-order valence-corrected chi connectivity index (χ1v) is 10.5. The van der Waals surface area contributed by atoms with Crippen molar-refractivity contribution in [2.45, 2.75) is 11.4 Å². The standard InChI is InChI=1S/C18H15ClN2O4S2/c19-17-8-6-15(26-17)7-9-18(22)21-13-3-1-5-16(11-13)27(23,24)20-12-14-4-2-10-25-14/h1-11,20H,12H2,(H,21,22)/b9-7+. The van der Waals surface area contributed by atoms with Gasteiger partial charge in [0.1, 0.15) is 5.76 Å². The van der Waals surface area contributed by atoms with Crippen LogP contribution in [-0.4, -0.2) is 14.3 Å². The monoisotopic (exact) mass is 422 g/mol. The molecular weight excluding hydrogens is 408 g/mol. The molecule has 0 radical (unpaired) electrons. The van der Waals surface area contributed by atoms with Gasteiger partial charge in [-0.25, -0.2) is 13.1 Å². The number of carbonyl (C=O) groups is 1. The molecule has 0 unspecified atom stereocenters. The Labute approximate surface area is 165 Å². The molecule has 2 heterocycles. The minimum Gasteiger partial charge on any atom is -0.468 e. The van der Waals surface area contributed by atoms with Crippen LogP contribution in [-0.2, 0) is 21.4 Å². The third kappa shape index (κ3) is 5.54. The zero-order valence-electron chi connectivity index (χ0n) is 13.9. The minimum atomic E-state index is -3.74. The Morgan fingerprint density at radius 2 is 2.04 bits per heavy atom. The molecule has 3 aromatic rings. The van der Waals surface area contributed by atoms with Gasteiger partial charge in [-0.05, 0) is 48.5 Å². The molecule has 0 atom stereocenters. The van der Waals surface area contributed by atoms with Crippen LogP contribution in [0.25, 0.3) is 6.08 Å². The van der Waals surface area contributed by atoms with Crippen molar-refractivity contribution < 1.29 is 17.6 Å². The van der Waals surface area contributed by atoms with Gasteiger partial charge in [-0.3, -0.25) is 4.79 Å². The molecule has 9 heteroatoms. The lowest BCUT2D eigenvalue weighted by Gasteiger charge is -2.08. The third-order valence-corrected chi connectivity index (χ3v) is 6.02. The lowest BCUT2D eigenvalue weighted by molar-refractivity contribution is -0.111. The van der Waals surface area contributed by atoms with Crippen molar-refractivity contribution >= 4 is 50.6 Å². The quantitative estimate of drug-likeness (QED) is 0.560. The van der Waals surface area contributed by atoms with Gasteiger partial charge in [-0.1, -0.05) is 17.7 Å². The predicted molar refractivity (Wildman–Crippen MR) is 106 cm³/mol. The van der Waals surface area contributed by atoms with Crippen molar-refractivity contribution in [3.63, 3.8) is 0 Å². The molecule has 0 aliphatic carbocycles. The number of sulfonamides is 1. The molecule has 2 aromatic heterocycles. The van der Waals surface area contributed by atoms with E-state index in [2.05, 4.69) is 10.0 Å². The molecule has 0 bridgehead atoms. The van der Waals surface area contributed by atoms with Crippen LogP contribution in [0.4, 0.5) is 5.69 Å². The first-order valence-electron chi connectivity index (χ1n) is 7.79. The molecule has 140 valence electrons. The van der Waals surface area contributed by atoms with Crippen LogP contribution in [0.15, 0.2) is 70.2 Å². The number of thiophene rings is 1. The van der Waals surface area contributed by atoms with E-state index in [0.717, 1.165) is 4.88 Å². The zero-order valence-corrected chi connectivity index (χ0v) is 16.3. The number of hydrogen-bond donors (Lipinski definition) is 2. The first-order chi connectivity index (χ1) is 12.9. The van der Waals surface area contributed by atoms with Crippen molar-refractivity contribution in [2.24, 2.45) is 0 Å². The lowest BCUT2D eigenvalue weighted by atomic mass is 10.3. The molecule has 1 aromatic carbocycles. The second kappa shape index (κ2) is 8.53. The van der Waals surface area contributed by atoms with Gasteiger partial charge in [0.05, 0.1) is 22.0 Å². The predicted octanol–water partition coefficient (Wildman–Crippen LogP) is 4.12. The highest BCUT2D eigenvalue weighted by Gasteiger charge is 2.15. The molecule has 3 rings (SSSR count). The smallest absolute Gasteiger partial charge is 0.248 e. The average Bonchev–Trinajstić information content (AvgIpc) is 3.30. The number of amides is 1. The average molecular weight is 423 g/mol. The Kier molecular flexibility index (Phi) is 6.12. The summed E-state index contributed by atoms with van der Waals surface area (Å²) in [6.45, 7) is 0.0397. The Balaban J connectivity index is 1.65. The van der Waals surface area contributed by atoms with E-state index in [-0.39, 0.29) is 17.3 Å². The highest BCUT2D eigenvalue weighted by molar-refractivity contribution is 7.89. The lowest BCUT2D eigenvalue weighted by Crippen LogP contribution is -2.23. The topological polar surface area (TPSA) is 88.4 Å². The second-order valence-electron chi connectivity index (χ2n) is 5.40. The van der Waals surface area contributed by atoms with E-state index in [1.165, 1.54) is 35.8 Å². The molecule has 0 saturated heterocycles. The summed E-state index contributed by atoms with van der Waals surface area (Å²) in [4.78, 5) is 12.9. The van der Waals surface area contributed by atoms with Gasteiger partial charge < -0.3 is 9.73 Å². The molecule has 0 fully saturated rings. The molecule has 0 spiro atoms. The Morgan fingerprint density at radius 3 is 2.74 bits per heavy atom. The molecule has 2 N–H and O–H groups in total. The van der Waals surface area contributed by atoms with E-state index in [1.807, 2.05) is 0 Å². The van der Waals surface area contributed by atoms with Crippen molar-refractivity contribution in [2.75, 3.05) is 5.32 Å². The summed E-state index contributed by atoms with van der Waals surface area (Å²) in [5.41, 5.74) is 0.370. The highest BCUT2D eigenvalue weighted by atomic mass is 35.5. The fourth-order valence-electron chi connectivity index (χ4n) is 2.16. The Bertz CT molecular complexity index is 1060. The largest absolute Gasteiger partial charge is 0.468 e. The SMILES string of the molecule is O=C(/C=C/c1ccc(Cl)s1)Nc1cccc(S(=O)(=O)NCc2ccco2)c1. The van der Waals surface area contributed by atoms with Crippen LogP contribution in [0.2, 0.25) is 4.34 Å². The van der Waals surface area contributed by atoms with Gasteiger partial charge in [0.15, 0.2) is 0 Å². The molecular formula is C18H15ClN2O4S2. The molecule has 0 aliphatic heterocycles. The zero-order chi connectivity index (χ0) is 19.3. The van der Waals surface area contributed by atoms with Gasteiger partial charge in [-0.15, -0.1) is 11.3 Å². The molecule has 27 heavy (non-hydrogen) atoms. The second-order valence-corrected chi connectivity index (χ2v) is 8.91. The van der Waals surface area contributed by atoms with Crippen LogP contribution in [0.1, 0.15) is 10.6 Å². The van der Waals surface area contributed by atoms with E-state index >= 15 is 0 Å². The Hall–Kier alpha value is -2.39. The number of halogens is 1. The van der Waals surface area contributed by atoms with Crippen LogP contribution in [0.3, 0.4) is 0 Å². The van der Waals surface area contributed by atoms with Gasteiger partial charge in [0, 0.05) is 16.6 Å². The molecule has 6 nitrogen and oxygen atoms in total. The summed E-state index contributed by atoms with van der Waals surface area (Å²) >= 11 is 7.19. The fourth-order valence-corrected chi connectivity index (χ4v) is 4.17. The summed E-state index contributed by atoms with van der Waals surface area (Å²) in [5, 5.41) is 2.64. The van der Waals surface area contributed by atoms with Crippen molar-refractivity contribution in [1.82, 2.24) is 4.72 Å². The van der Waals surface area contributed by atoms with Gasteiger partial charge in [-0.2, -0.15) is 0 Å². The molecule has 0 aliphatic rings. The van der Waals surface area contributed by atoms with Gasteiger partial charge >= 0.3 is 0 Å². The number of anilines is 1. The Morgan fingerprint density at radius 1 is 1.19 bits per heavy atom. The summed E-state index contributed by atoms with van der Waals surface area (Å²) in [5.74, 6) is 0.125. The van der Waals surface area contributed by atoms with Gasteiger partial charge in [0.25, 0.3) is 0 Å². The van der Waals surface area contributed by atoms with E-state index in [0.29, 0.717) is 15.8 Å². The van der Waals surface area contributed by atoms with Crippen LogP contribution < -0.4 is 10.0 Å². The summed E-state index contributed by atoms with van der Waals surface area (Å²) in [7, 11) is -3.74. The van der Waals surface area contributed by atoms with Crippen molar-refractivity contribution in [3.05, 3.63) is 75.8 Å². The minimum absolute atomic E-state index is 0.0397. The van der Waals surface area contributed by atoms with E-state index < -0.39 is 10.0 Å². The van der Waals surface area contributed by atoms with Crippen LogP contribution in [0, 0.1) is 0 Å². The maximum absolute atomic E-state index is 12.4. The van der Waals surface area contributed by atoms with E-state index in [4.69, 9.17) is 16.0 Å². The number of furan rings is 1. The van der Waals surface area contributed by atoms with Crippen molar-refractivity contribution in [1.29, 1.82) is 0 Å². The number of benzene rings is 1. The maximum Gasteiger partial charge on any atom is 0.248 e. The summed E-state index contributed by atoms with van der Waals surface area (Å²) in [6.07, 6.45) is 4.47. The number of carbonyl (C=O) groups excluding carboxylic acids is 1. The molecule has 1 amide bonds. The normalized spacial score (nSPS) is 11.7. The summed E-state index contributed by atoms with van der Waals surface area (Å²) in [6, 6.07) is 12.9.